The number of piperazine rings is 1. The lowest BCUT2D eigenvalue weighted by atomic mass is 9.90. The minimum atomic E-state index is -0.217. The number of carbonyl (C=O) groups is 1. The van der Waals surface area contributed by atoms with Gasteiger partial charge in [-0.25, -0.2) is 4.39 Å². The highest BCUT2D eigenvalue weighted by atomic mass is 35.5. The Hall–Kier alpha value is -1.08. The van der Waals surface area contributed by atoms with Crippen molar-refractivity contribution in [3.05, 3.63) is 30.1 Å². The van der Waals surface area contributed by atoms with Gasteiger partial charge in [-0.2, -0.15) is 0 Å². The molecule has 154 valence electrons. The summed E-state index contributed by atoms with van der Waals surface area (Å²) in [6.45, 7) is 8.86. The number of hydrogen-bond donors (Lipinski definition) is 1. The van der Waals surface area contributed by atoms with Gasteiger partial charge in [-0.05, 0) is 49.2 Å². The van der Waals surface area contributed by atoms with Crippen molar-refractivity contribution in [2.45, 2.75) is 19.8 Å². The van der Waals surface area contributed by atoms with Crippen LogP contribution in [-0.2, 0) is 4.79 Å². The molecule has 2 aliphatic heterocycles. The first-order valence-corrected chi connectivity index (χ1v) is 9.20. The van der Waals surface area contributed by atoms with Crippen molar-refractivity contribution in [3.8, 4) is 0 Å². The summed E-state index contributed by atoms with van der Waals surface area (Å²) in [5.74, 6) is 0.0188. The molecule has 8 heteroatoms. The molecule has 2 N–H and O–H groups in total. The highest BCUT2D eigenvalue weighted by Gasteiger charge is 2.32. The van der Waals surface area contributed by atoms with Crippen molar-refractivity contribution >= 4 is 36.4 Å². The molecule has 0 radical (unpaired) electrons. The first-order valence-electron chi connectivity index (χ1n) is 9.20. The van der Waals surface area contributed by atoms with Crippen molar-refractivity contribution < 1.29 is 9.18 Å². The summed E-state index contributed by atoms with van der Waals surface area (Å²) in [6, 6.07) is 6.57. The number of nitrogens with zero attached hydrogens (tertiary/aromatic N) is 3. The lowest BCUT2D eigenvalue weighted by molar-refractivity contribution is -0.131. The molecule has 0 bridgehead atoms. The van der Waals surface area contributed by atoms with Gasteiger partial charge in [-0.1, -0.05) is 6.92 Å². The first-order chi connectivity index (χ1) is 12.0. The zero-order valence-corrected chi connectivity index (χ0v) is 17.5. The second kappa shape index (κ2) is 10.5. The number of hydrogen-bond acceptors (Lipinski definition) is 4. The molecule has 2 heterocycles. The predicted molar refractivity (Wildman–Crippen MR) is 113 cm³/mol. The molecule has 2 saturated heterocycles. The maximum absolute atomic E-state index is 13.0. The molecule has 0 saturated carbocycles. The molecule has 27 heavy (non-hydrogen) atoms. The quantitative estimate of drug-likeness (QED) is 0.794. The molecule has 3 rings (SSSR count). The number of nitrogens with two attached hydrogens (primary N) is 1. The van der Waals surface area contributed by atoms with Crippen LogP contribution in [-0.4, -0.2) is 68.1 Å². The fraction of sp³-hybridized carbons (Fsp3) is 0.632. The van der Waals surface area contributed by atoms with Crippen LogP contribution in [0.25, 0.3) is 0 Å². The summed E-state index contributed by atoms with van der Waals surface area (Å²) in [5, 5.41) is 0. The number of halogens is 3. The van der Waals surface area contributed by atoms with Gasteiger partial charge in [0, 0.05) is 51.4 Å². The van der Waals surface area contributed by atoms with E-state index in [1.54, 1.807) is 12.1 Å². The molecule has 1 unspecified atom stereocenters. The average molecular weight is 421 g/mol. The van der Waals surface area contributed by atoms with Gasteiger partial charge in [0.25, 0.3) is 0 Å². The van der Waals surface area contributed by atoms with E-state index in [1.165, 1.54) is 12.1 Å². The van der Waals surface area contributed by atoms with Crippen molar-refractivity contribution in [2.24, 2.45) is 11.1 Å². The third kappa shape index (κ3) is 6.21. The maximum Gasteiger partial charge on any atom is 0.223 e. The monoisotopic (exact) mass is 420 g/mol. The summed E-state index contributed by atoms with van der Waals surface area (Å²) in [6.07, 6.45) is 1.70. The van der Waals surface area contributed by atoms with Crippen LogP contribution in [0.1, 0.15) is 19.8 Å². The number of benzene rings is 1. The van der Waals surface area contributed by atoms with Crippen LogP contribution in [0.3, 0.4) is 0 Å². The minimum Gasteiger partial charge on any atom is -0.368 e. The third-order valence-corrected chi connectivity index (χ3v) is 5.60. The molecular weight excluding hydrogens is 390 g/mol. The molecule has 0 aromatic heterocycles. The molecule has 0 aliphatic carbocycles. The third-order valence-electron chi connectivity index (χ3n) is 5.60. The van der Waals surface area contributed by atoms with Crippen LogP contribution in [0.15, 0.2) is 24.3 Å². The zero-order valence-electron chi connectivity index (χ0n) is 15.9. The van der Waals surface area contributed by atoms with Gasteiger partial charge in [0.05, 0.1) is 0 Å². The zero-order chi connectivity index (χ0) is 17.9. The normalized spacial score (nSPS) is 22.9. The molecule has 2 aliphatic rings. The van der Waals surface area contributed by atoms with Crippen LogP contribution >= 0.6 is 24.8 Å². The largest absolute Gasteiger partial charge is 0.368 e. The summed E-state index contributed by atoms with van der Waals surface area (Å²) in [4.78, 5) is 19.0. The Morgan fingerprint density at radius 1 is 1.11 bits per heavy atom. The summed E-state index contributed by atoms with van der Waals surface area (Å²) < 4.78 is 13.0. The van der Waals surface area contributed by atoms with Crippen LogP contribution in [0.5, 0.6) is 0 Å². The first kappa shape index (κ1) is 24.0. The van der Waals surface area contributed by atoms with E-state index in [9.17, 15) is 9.18 Å². The van der Waals surface area contributed by atoms with E-state index >= 15 is 0 Å². The lowest BCUT2D eigenvalue weighted by Crippen LogP contribution is -2.49. The van der Waals surface area contributed by atoms with Crippen molar-refractivity contribution in [1.29, 1.82) is 0 Å². The van der Waals surface area contributed by atoms with Crippen LogP contribution < -0.4 is 10.6 Å². The number of carbonyl (C=O) groups excluding carboxylic acids is 1. The van der Waals surface area contributed by atoms with E-state index in [0.717, 1.165) is 57.9 Å². The van der Waals surface area contributed by atoms with Crippen molar-refractivity contribution in [3.63, 3.8) is 0 Å². The van der Waals surface area contributed by atoms with E-state index in [-0.39, 0.29) is 42.0 Å². The topological polar surface area (TPSA) is 52.8 Å². The van der Waals surface area contributed by atoms with E-state index in [4.69, 9.17) is 5.73 Å². The highest BCUT2D eigenvalue weighted by molar-refractivity contribution is 5.85. The van der Waals surface area contributed by atoms with E-state index in [1.807, 2.05) is 4.90 Å². The Bertz CT molecular complexity index is 596. The number of amides is 1. The predicted octanol–water partition coefficient (Wildman–Crippen LogP) is 2.38. The van der Waals surface area contributed by atoms with Gasteiger partial charge in [0.2, 0.25) is 5.91 Å². The van der Waals surface area contributed by atoms with Gasteiger partial charge >= 0.3 is 0 Å². The molecular formula is C19H31Cl2FN4O. The van der Waals surface area contributed by atoms with Crippen LogP contribution in [0.2, 0.25) is 0 Å². The van der Waals surface area contributed by atoms with Gasteiger partial charge in [0.15, 0.2) is 0 Å². The lowest BCUT2D eigenvalue weighted by Gasteiger charge is -2.36. The fourth-order valence-electron chi connectivity index (χ4n) is 3.76. The Kier molecular flexibility index (Phi) is 9.28. The summed E-state index contributed by atoms with van der Waals surface area (Å²) >= 11 is 0. The molecule has 2 fully saturated rings. The molecule has 1 atom stereocenters. The van der Waals surface area contributed by atoms with Crippen LogP contribution in [0, 0.1) is 11.2 Å². The molecule has 1 aromatic rings. The number of likely N-dealkylation sites (tertiary alicyclic amines) is 1. The van der Waals surface area contributed by atoms with Crippen molar-refractivity contribution in [2.75, 3.05) is 57.3 Å². The van der Waals surface area contributed by atoms with Gasteiger partial charge in [0.1, 0.15) is 5.82 Å². The Balaban J connectivity index is 0.00000182. The minimum absolute atomic E-state index is 0. The smallest absolute Gasteiger partial charge is 0.223 e. The molecule has 1 aromatic carbocycles. The molecule has 5 nitrogen and oxygen atoms in total. The SMILES string of the molecule is CC1(CN)CCN(CCC(=O)N2CCN(c3ccc(F)cc3)CC2)C1.Cl.Cl. The van der Waals surface area contributed by atoms with E-state index in [2.05, 4.69) is 16.7 Å². The van der Waals surface area contributed by atoms with Crippen molar-refractivity contribution in [1.82, 2.24) is 9.80 Å². The standard InChI is InChI=1S/C19H29FN4O.2ClH/c1-19(14-21)7-9-22(15-19)8-6-18(25)24-12-10-23(11-13-24)17-4-2-16(20)3-5-17;;/h2-5H,6-15,21H2,1H3;2*1H. The van der Waals surface area contributed by atoms with Crippen LogP contribution in [0.4, 0.5) is 10.1 Å². The molecule has 0 spiro atoms. The Morgan fingerprint density at radius 2 is 1.74 bits per heavy atom. The maximum atomic E-state index is 13.0. The highest BCUT2D eigenvalue weighted by Crippen LogP contribution is 2.28. The fourth-order valence-corrected chi connectivity index (χ4v) is 3.76. The van der Waals surface area contributed by atoms with Gasteiger partial charge in [-0.15, -0.1) is 24.8 Å². The Labute approximate surface area is 173 Å². The average Bonchev–Trinajstić information content (AvgIpc) is 3.02. The Morgan fingerprint density at radius 3 is 2.30 bits per heavy atom. The summed E-state index contributed by atoms with van der Waals surface area (Å²) in [5.41, 5.74) is 7.08. The van der Waals surface area contributed by atoms with E-state index < -0.39 is 0 Å². The summed E-state index contributed by atoms with van der Waals surface area (Å²) in [7, 11) is 0. The van der Waals surface area contributed by atoms with Gasteiger partial charge < -0.3 is 20.4 Å². The second-order valence-electron chi connectivity index (χ2n) is 7.64. The number of rotatable bonds is 5. The second-order valence-corrected chi connectivity index (χ2v) is 7.64. The molecule has 1 amide bonds. The number of anilines is 1. The van der Waals surface area contributed by atoms with E-state index in [0.29, 0.717) is 13.0 Å². The van der Waals surface area contributed by atoms with Gasteiger partial charge in [-0.3, -0.25) is 4.79 Å².